The average Bonchev–Trinajstić information content (AvgIpc) is 3.25. The molecular formula is C25H25FN6O2. The Morgan fingerprint density at radius 1 is 1.21 bits per heavy atom. The maximum atomic E-state index is 14.3. The molecule has 0 bridgehead atoms. The van der Waals surface area contributed by atoms with Gasteiger partial charge < -0.3 is 15.4 Å². The molecule has 2 aromatic carbocycles. The van der Waals surface area contributed by atoms with Crippen LogP contribution < -0.4 is 15.4 Å². The molecule has 9 heteroatoms. The number of fused-ring (bicyclic) bond motifs is 1. The van der Waals surface area contributed by atoms with Crippen LogP contribution in [0.25, 0.3) is 33.4 Å². The number of alkyl halides is 1. The lowest BCUT2D eigenvalue weighted by Gasteiger charge is -2.26. The van der Waals surface area contributed by atoms with Gasteiger partial charge in [0.15, 0.2) is 0 Å². The molecule has 5 rings (SSSR count). The summed E-state index contributed by atoms with van der Waals surface area (Å²) in [7, 11) is 3.39. The summed E-state index contributed by atoms with van der Waals surface area (Å²) in [4.78, 5) is 21.9. The number of piperidine rings is 1. The van der Waals surface area contributed by atoms with Crippen LogP contribution in [0, 0.1) is 5.92 Å². The fourth-order valence-corrected chi connectivity index (χ4v) is 4.38. The quantitative estimate of drug-likeness (QED) is 0.473. The number of methoxy groups -OCH3 is 1. The summed E-state index contributed by atoms with van der Waals surface area (Å²) < 4.78 is 21.6. The van der Waals surface area contributed by atoms with Crippen molar-refractivity contribution in [3.05, 3.63) is 55.0 Å². The van der Waals surface area contributed by atoms with E-state index in [0.717, 1.165) is 22.2 Å². The molecule has 2 aromatic heterocycles. The summed E-state index contributed by atoms with van der Waals surface area (Å²) >= 11 is 0. The zero-order valence-electron chi connectivity index (χ0n) is 19.0. The minimum atomic E-state index is -1.23. The summed E-state index contributed by atoms with van der Waals surface area (Å²) in [5.41, 5.74) is 4.39. The van der Waals surface area contributed by atoms with Crippen LogP contribution in [0.5, 0.6) is 5.75 Å². The van der Waals surface area contributed by atoms with Gasteiger partial charge in [0.25, 0.3) is 0 Å². The molecule has 0 radical (unpaired) electrons. The van der Waals surface area contributed by atoms with Gasteiger partial charge in [-0.25, -0.2) is 14.4 Å². The van der Waals surface area contributed by atoms with Crippen LogP contribution in [0.15, 0.2) is 55.0 Å². The van der Waals surface area contributed by atoms with E-state index in [1.807, 2.05) is 43.6 Å². The van der Waals surface area contributed by atoms with Crippen LogP contribution >= 0.6 is 0 Å². The molecule has 2 N–H and O–H groups in total. The van der Waals surface area contributed by atoms with Gasteiger partial charge in [0.2, 0.25) is 5.91 Å². The number of nitrogens with zero attached hydrogens (tertiary/aromatic N) is 4. The summed E-state index contributed by atoms with van der Waals surface area (Å²) in [6.45, 7) is 0.781. The number of aromatic nitrogens is 4. The van der Waals surface area contributed by atoms with Crippen LogP contribution in [-0.2, 0) is 11.8 Å². The van der Waals surface area contributed by atoms with Crippen molar-refractivity contribution in [2.24, 2.45) is 13.0 Å². The minimum Gasteiger partial charge on any atom is -0.494 e. The summed E-state index contributed by atoms with van der Waals surface area (Å²) in [5, 5.41) is 11.2. The Balaban J connectivity index is 1.60. The number of nitrogens with one attached hydrogen (secondary N) is 2. The number of carbonyl (C=O) groups is 1. The van der Waals surface area contributed by atoms with Crippen molar-refractivity contribution in [3.8, 4) is 28.3 Å². The highest BCUT2D eigenvalue weighted by atomic mass is 19.1. The van der Waals surface area contributed by atoms with E-state index in [1.54, 1.807) is 16.8 Å². The van der Waals surface area contributed by atoms with Crippen LogP contribution in [0.2, 0.25) is 0 Å². The Morgan fingerprint density at radius 2 is 2.03 bits per heavy atom. The standard InChI is InChI=1S/C25H25FN6O2/c1-32-13-18(23(31-32)15-6-4-3-5-7-15)24-17-10-21(22(34-2)11-20(17)28-14-29-24)30-25(33)16-8-9-27-12-19(16)26/h3-7,10-11,13-14,16,19,27H,8-9,12H2,1-2H3,(H,30,33)/t16-,19-/m1/s1. The van der Waals surface area contributed by atoms with Gasteiger partial charge in [0.05, 0.1) is 29.9 Å². The van der Waals surface area contributed by atoms with E-state index < -0.39 is 12.1 Å². The van der Waals surface area contributed by atoms with Gasteiger partial charge in [0.1, 0.15) is 23.9 Å². The molecule has 1 saturated heterocycles. The molecule has 3 heterocycles. The van der Waals surface area contributed by atoms with Crippen molar-refractivity contribution in [2.45, 2.75) is 12.6 Å². The predicted molar refractivity (Wildman–Crippen MR) is 128 cm³/mol. The summed E-state index contributed by atoms with van der Waals surface area (Å²) in [6, 6.07) is 13.4. The van der Waals surface area contributed by atoms with Gasteiger partial charge in [-0.3, -0.25) is 9.48 Å². The number of halogens is 1. The zero-order chi connectivity index (χ0) is 23.7. The third-order valence-electron chi connectivity index (χ3n) is 6.09. The molecule has 2 atom stereocenters. The number of benzene rings is 2. The average molecular weight is 461 g/mol. The third-order valence-corrected chi connectivity index (χ3v) is 6.09. The molecule has 4 aromatic rings. The van der Waals surface area contributed by atoms with Crippen LogP contribution in [0.1, 0.15) is 6.42 Å². The Kier molecular flexibility index (Phi) is 5.93. The molecule has 0 spiro atoms. The molecule has 174 valence electrons. The van der Waals surface area contributed by atoms with Crippen molar-refractivity contribution in [3.63, 3.8) is 0 Å². The van der Waals surface area contributed by atoms with E-state index in [1.165, 1.54) is 13.4 Å². The van der Waals surface area contributed by atoms with Crippen molar-refractivity contribution in [1.29, 1.82) is 0 Å². The van der Waals surface area contributed by atoms with Gasteiger partial charge in [-0.15, -0.1) is 0 Å². The highest BCUT2D eigenvalue weighted by molar-refractivity contribution is 6.02. The molecule has 1 aliphatic rings. The highest BCUT2D eigenvalue weighted by Crippen LogP contribution is 2.37. The highest BCUT2D eigenvalue weighted by Gasteiger charge is 2.31. The first-order valence-electron chi connectivity index (χ1n) is 11.1. The normalized spacial score (nSPS) is 18.1. The Hall–Kier alpha value is -3.85. The van der Waals surface area contributed by atoms with Crippen molar-refractivity contribution in [1.82, 2.24) is 25.1 Å². The molecule has 0 unspecified atom stereocenters. The zero-order valence-corrected chi connectivity index (χ0v) is 19.0. The van der Waals surface area contributed by atoms with E-state index in [2.05, 4.69) is 25.7 Å². The van der Waals surface area contributed by atoms with Crippen molar-refractivity contribution >= 4 is 22.5 Å². The number of amides is 1. The van der Waals surface area contributed by atoms with Gasteiger partial charge in [-0.1, -0.05) is 30.3 Å². The smallest absolute Gasteiger partial charge is 0.230 e. The number of hydrogen-bond donors (Lipinski definition) is 2. The molecule has 1 fully saturated rings. The number of ether oxygens (including phenoxy) is 1. The van der Waals surface area contributed by atoms with Crippen molar-refractivity contribution < 1.29 is 13.9 Å². The Labute approximate surface area is 196 Å². The molecule has 0 saturated carbocycles. The van der Waals surface area contributed by atoms with E-state index in [4.69, 9.17) is 4.74 Å². The second-order valence-corrected chi connectivity index (χ2v) is 8.33. The van der Waals surface area contributed by atoms with E-state index in [-0.39, 0.29) is 12.5 Å². The van der Waals surface area contributed by atoms with Gasteiger partial charge in [-0.05, 0) is 19.0 Å². The second kappa shape index (κ2) is 9.18. The molecule has 1 amide bonds. The van der Waals surface area contributed by atoms with Gasteiger partial charge >= 0.3 is 0 Å². The number of rotatable bonds is 5. The molecule has 0 aliphatic carbocycles. The first kappa shape index (κ1) is 22.0. The number of carbonyl (C=O) groups excluding carboxylic acids is 1. The number of aryl methyl sites for hydroxylation is 1. The predicted octanol–water partition coefficient (Wildman–Crippen LogP) is 3.59. The number of anilines is 1. The largest absolute Gasteiger partial charge is 0.494 e. The van der Waals surface area contributed by atoms with E-state index >= 15 is 0 Å². The third kappa shape index (κ3) is 4.10. The lowest BCUT2D eigenvalue weighted by molar-refractivity contribution is -0.122. The monoisotopic (exact) mass is 460 g/mol. The summed E-state index contributed by atoms with van der Waals surface area (Å²) in [6.07, 6.45) is 2.62. The molecule has 1 aliphatic heterocycles. The molecule has 8 nitrogen and oxygen atoms in total. The minimum absolute atomic E-state index is 0.175. The number of hydrogen-bond acceptors (Lipinski definition) is 6. The lowest BCUT2D eigenvalue weighted by atomic mass is 9.95. The van der Waals surface area contributed by atoms with Crippen LogP contribution in [0.4, 0.5) is 10.1 Å². The van der Waals surface area contributed by atoms with E-state index in [0.29, 0.717) is 35.6 Å². The Morgan fingerprint density at radius 3 is 2.79 bits per heavy atom. The van der Waals surface area contributed by atoms with Gasteiger partial charge in [0, 0.05) is 42.4 Å². The lowest BCUT2D eigenvalue weighted by Crippen LogP contribution is -2.43. The second-order valence-electron chi connectivity index (χ2n) is 8.33. The summed E-state index contributed by atoms with van der Waals surface area (Å²) in [5.74, 6) is -0.628. The fourth-order valence-electron chi connectivity index (χ4n) is 4.38. The first-order valence-corrected chi connectivity index (χ1v) is 11.1. The Bertz CT molecular complexity index is 1340. The first-order chi connectivity index (χ1) is 16.5. The molecule has 34 heavy (non-hydrogen) atoms. The topological polar surface area (TPSA) is 94.0 Å². The van der Waals surface area contributed by atoms with Gasteiger partial charge in [-0.2, -0.15) is 5.10 Å². The van der Waals surface area contributed by atoms with Crippen LogP contribution in [0.3, 0.4) is 0 Å². The maximum Gasteiger partial charge on any atom is 0.230 e. The maximum absolute atomic E-state index is 14.3. The van der Waals surface area contributed by atoms with E-state index in [9.17, 15) is 9.18 Å². The fraction of sp³-hybridized carbons (Fsp3) is 0.280. The van der Waals surface area contributed by atoms with Crippen molar-refractivity contribution in [2.75, 3.05) is 25.5 Å². The van der Waals surface area contributed by atoms with Crippen LogP contribution in [-0.4, -0.2) is 52.0 Å². The molecular weight excluding hydrogens is 435 g/mol. The SMILES string of the molecule is COc1cc2ncnc(-c3cn(C)nc3-c3ccccc3)c2cc1NC(=O)[C@@H]1CCNC[C@H]1F.